The lowest BCUT2D eigenvalue weighted by Gasteiger charge is -2.27. The highest BCUT2D eigenvalue weighted by Crippen LogP contribution is 2.15. The molecule has 1 saturated heterocycles. The average molecular weight is 414 g/mol. The van der Waals surface area contributed by atoms with Gasteiger partial charge in [-0.05, 0) is 17.5 Å². The summed E-state index contributed by atoms with van der Waals surface area (Å²) in [7, 11) is 0. The number of β-amino-alcohol motifs (C(OH)–C–C–N with tert-alkyl or cyclic N) is 2. The molecule has 0 aliphatic carbocycles. The van der Waals surface area contributed by atoms with Gasteiger partial charge in [0.05, 0.1) is 18.2 Å². The van der Waals surface area contributed by atoms with Crippen molar-refractivity contribution in [2.24, 2.45) is 0 Å². The number of amides is 2. The van der Waals surface area contributed by atoms with E-state index >= 15 is 0 Å². The van der Waals surface area contributed by atoms with Crippen LogP contribution in [0.4, 0.5) is 4.79 Å². The van der Waals surface area contributed by atoms with E-state index in [2.05, 4.69) is 5.32 Å². The molecule has 160 valence electrons. The average Bonchev–Trinajstić information content (AvgIpc) is 3.10. The molecule has 2 aromatic carbocycles. The molecule has 0 radical (unpaired) electrons. The molecular formula is C22H26N2O6. The topological polar surface area (TPSA) is 119 Å². The monoisotopic (exact) mass is 414 g/mol. The number of rotatable bonds is 7. The van der Waals surface area contributed by atoms with Crippen molar-refractivity contribution < 1.29 is 29.6 Å². The van der Waals surface area contributed by atoms with Crippen LogP contribution >= 0.6 is 0 Å². The Bertz CT molecular complexity index is 822. The summed E-state index contributed by atoms with van der Waals surface area (Å²) in [5.41, 5.74) is 1.63. The highest BCUT2D eigenvalue weighted by Gasteiger charge is 2.38. The van der Waals surface area contributed by atoms with E-state index in [1.165, 1.54) is 4.90 Å². The van der Waals surface area contributed by atoms with E-state index in [1.54, 1.807) is 0 Å². The van der Waals surface area contributed by atoms with Crippen LogP contribution in [0.3, 0.4) is 0 Å². The molecule has 8 nitrogen and oxygen atoms in total. The van der Waals surface area contributed by atoms with Gasteiger partial charge in [-0.2, -0.15) is 0 Å². The molecule has 1 fully saturated rings. The number of aliphatic hydroxyl groups is 3. The predicted octanol–water partition coefficient (Wildman–Crippen LogP) is 0.449. The lowest BCUT2D eigenvalue weighted by molar-refractivity contribution is -0.141. The van der Waals surface area contributed by atoms with Crippen molar-refractivity contribution in [3.8, 4) is 0 Å². The van der Waals surface area contributed by atoms with Gasteiger partial charge in [-0.1, -0.05) is 60.7 Å². The third-order valence-corrected chi connectivity index (χ3v) is 5.02. The second-order valence-electron chi connectivity index (χ2n) is 7.33. The fourth-order valence-electron chi connectivity index (χ4n) is 3.33. The van der Waals surface area contributed by atoms with Crippen LogP contribution in [0.1, 0.15) is 11.1 Å². The van der Waals surface area contributed by atoms with Gasteiger partial charge in [0.1, 0.15) is 6.61 Å². The Kier molecular flexibility index (Phi) is 7.40. The fourth-order valence-corrected chi connectivity index (χ4v) is 3.33. The number of likely N-dealkylation sites (tertiary alicyclic amines) is 1. The van der Waals surface area contributed by atoms with Gasteiger partial charge in [-0.15, -0.1) is 0 Å². The Morgan fingerprint density at radius 3 is 2.07 bits per heavy atom. The highest BCUT2D eigenvalue weighted by molar-refractivity contribution is 5.82. The molecular weight excluding hydrogens is 388 g/mol. The van der Waals surface area contributed by atoms with Crippen LogP contribution in [0.2, 0.25) is 0 Å². The zero-order chi connectivity index (χ0) is 21.5. The summed E-state index contributed by atoms with van der Waals surface area (Å²) in [5.74, 6) is -0.671. The maximum absolute atomic E-state index is 12.7. The standard InChI is InChI=1S/C22H26N2O6/c25-18-12-24(13-19(18)26)21(28)20(27)17(11-15-7-3-1-4-8-15)23-22(29)30-14-16-9-5-2-6-10-16/h1-10,17-20,25-27H,11-14H2,(H,23,29)/t17-,18-,19+,20+/m0/s1. The zero-order valence-corrected chi connectivity index (χ0v) is 16.4. The molecule has 0 spiro atoms. The highest BCUT2D eigenvalue weighted by atomic mass is 16.5. The lowest BCUT2D eigenvalue weighted by Crippen LogP contribution is -2.52. The number of ether oxygens (including phenoxy) is 1. The molecule has 1 heterocycles. The molecule has 30 heavy (non-hydrogen) atoms. The van der Waals surface area contributed by atoms with E-state index in [4.69, 9.17) is 4.74 Å². The van der Waals surface area contributed by atoms with Crippen molar-refractivity contribution in [1.82, 2.24) is 10.2 Å². The summed E-state index contributed by atoms with van der Waals surface area (Å²) in [4.78, 5) is 26.2. The van der Waals surface area contributed by atoms with Crippen molar-refractivity contribution in [2.75, 3.05) is 13.1 Å². The van der Waals surface area contributed by atoms with Crippen molar-refractivity contribution in [3.63, 3.8) is 0 Å². The summed E-state index contributed by atoms with van der Waals surface area (Å²) in [6.45, 7) is -0.0968. The van der Waals surface area contributed by atoms with Gasteiger partial charge < -0.3 is 30.3 Å². The molecule has 2 aromatic rings. The molecule has 0 unspecified atom stereocenters. The van der Waals surface area contributed by atoms with Crippen molar-refractivity contribution >= 4 is 12.0 Å². The normalized spacial score (nSPS) is 20.4. The largest absolute Gasteiger partial charge is 0.445 e. The van der Waals surface area contributed by atoms with Gasteiger partial charge in [0.25, 0.3) is 5.91 Å². The lowest BCUT2D eigenvalue weighted by atomic mass is 10.0. The maximum atomic E-state index is 12.7. The third kappa shape index (κ3) is 5.79. The number of benzene rings is 2. The fraction of sp³-hybridized carbons (Fsp3) is 0.364. The minimum atomic E-state index is -1.56. The number of hydrogen-bond donors (Lipinski definition) is 4. The maximum Gasteiger partial charge on any atom is 0.407 e. The van der Waals surface area contributed by atoms with E-state index in [1.807, 2.05) is 60.7 Å². The first-order chi connectivity index (χ1) is 14.4. The van der Waals surface area contributed by atoms with Crippen LogP contribution < -0.4 is 5.32 Å². The number of carbonyl (C=O) groups is 2. The first-order valence-corrected chi connectivity index (χ1v) is 9.78. The SMILES string of the molecule is O=C(N[C@@H](Cc1ccccc1)[C@@H](O)C(=O)N1C[C@@H](O)[C@@H](O)C1)OCc1ccccc1. The second kappa shape index (κ2) is 10.2. The van der Waals surface area contributed by atoms with Gasteiger partial charge in [-0.25, -0.2) is 4.79 Å². The summed E-state index contributed by atoms with van der Waals surface area (Å²) < 4.78 is 5.22. The minimum absolute atomic E-state index is 0.0548. The molecule has 3 rings (SSSR count). The van der Waals surface area contributed by atoms with Crippen molar-refractivity contribution in [1.29, 1.82) is 0 Å². The van der Waals surface area contributed by atoms with Crippen molar-refractivity contribution in [2.45, 2.75) is 37.4 Å². The number of nitrogens with one attached hydrogen (secondary N) is 1. The summed E-state index contributed by atoms with van der Waals surface area (Å²) >= 11 is 0. The predicted molar refractivity (Wildman–Crippen MR) is 108 cm³/mol. The van der Waals surface area contributed by atoms with Gasteiger partial charge in [0, 0.05) is 13.1 Å². The summed E-state index contributed by atoms with van der Waals surface area (Å²) in [5, 5.41) is 32.6. The molecule has 0 saturated carbocycles. The summed E-state index contributed by atoms with van der Waals surface area (Å²) in [6, 6.07) is 17.3. The van der Waals surface area contributed by atoms with Gasteiger partial charge in [0.2, 0.25) is 0 Å². The molecule has 1 aliphatic heterocycles. The van der Waals surface area contributed by atoms with Crippen LogP contribution in [0.5, 0.6) is 0 Å². The van der Waals surface area contributed by atoms with Gasteiger partial charge in [0.15, 0.2) is 6.10 Å². The first-order valence-electron chi connectivity index (χ1n) is 9.78. The third-order valence-electron chi connectivity index (χ3n) is 5.02. The van der Waals surface area contributed by atoms with Crippen LogP contribution in [0.15, 0.2) is 60.7 Å². The van der Waals surface area contributed by atoms with Crippen molar-refractivity contribution in [3.05, 3.63) is 71.8 Å². The van der Waals surface area contributed by atoms with E-state index in [0.717, 1.165) is 11.1 Å². The Hall–Kier alpha value is -2.94. The Balaban J connectivity index is 1.66. The number of alkyl carbamates (subject to hydrolysis) is 1. The number of carbonyl (C=O) groups excluding carboxylic acids is 2. The van der Waals surface area contributed by atoms with Gasteiger partial charge in [-0.3, -0.25) is 4.79 Å². The van der Waals surface area contributed by atoms with Crippen LogP contribution in [-0.2, 0) is 22.6 Å². The molecule has 8 heteroatoms. The van der Waals surface area contributed by atoms with E-state index < -0.39 is 36.4 Å². The van der Waals surface area contributed by atoms with Crippen LogP contribution in [-0.4, -0.2) is 69.7 Å². The summed E-state index contributed by atoms with van der Waals surface area (Å²) in [6.07, 6.45) is -4.23. The Morgan fingerprint density at radius 1 is 0.967 bits per heavy atom. The van der Waals surface area contributed by atoms with Gasteiger partial charge >= 0.3 is 6.09 Å². The molecule has 2 amide bonds. The molecule has 0 bridgehead atoms. The quantitative estimate of drug-likeness (QED) is 0.522. The van der Waals surface area contributed by atoms with E-state index in [-0.39, 0.29) is 26.1 Å². The number of hydrogen-bond acceptors (Lipinski definition) is 6. The first kappa shape index (κ1) is 21.8. The zero-order valence-electron chi connectivity index (χ0n) is 16.4. The Morgan fingerprint density at radius 2 is 1.50 bits per heavy atom. The molecule has 1 aliphatic rings. The minimum Gasteiger partial charge on any atom is -0.445 e. The second-order valence-corrected chi connectivity index (χ2v) is 7.33. The van der Waals surface area contributed by atoms with E-state index in [9.17, 15) is 24.9 Å². The number of nitrogens with zero attached hydrogens (tertiary/aromatic N) is 1. The number of aliphatic hydroxyl groups excluding tert-OH is 3. The van der Waals surface area contributed by atoms with Crippen LogP contribution in [0.25, 0.3) is 0 Å². The molecule has 4 atom stereocenters. The molecule has 4 N–H and O–H groups in total. The molecule has 0 aromatic heterocycles. The Labute approximate surface area is 174 Å². The van der Waals surface area contributed by atoms with E-state index in [0.29, 0.717) is 0 Å². The smallest absolute Gasteiger partial charge is 0.407 e. The van der Waals surface area contributed by atoms with Crippen LogP contribution in [0, 0.1) is 0 Å².